The Morgan fingerprint density at radius 1 is 1.36 bits per heavy atom. The van der Waals surface area contributed by atoms with Crippen molar-refractivity contribution in [2.75, 3.05) is 0 Å². The summed E-state index contributed by atoms with van der Waals surface area (Å²) in [6.45, 7) is 5.92. The average molecular weight is 190 g/mol. The molecule has 0 saturated heterocycles. The number of carbonyl (C=O) groups excluding carboxylic acids is 1. The van der Waals surface area contributed by atoms with Crippen LogP contribution < -0.4 is 0 Å². The number of fused-ring (bicyclic) bond motifs is 1. The lowest BCUT2D eigenvalue weighted by Gasteiger charge is -2.31. The van der Waals surface area contributed by atoms with Gasteiger partial charge < -0.3 is 4.74 Å². The summed E-state index contributed by atoms with van der Waals surface area (Å²) in [5.41, 5.74) is 2.65. The second-order valence-electron chi connectivity index (χ2n) is 4.49. The van der Waals surface area contributed by atoms with Crippen molar-refractivity contribution < 1.29 is 9.53 Å². The molecule has 2 rings (SSSR count). The number of aryl methyl sites for hydroxylation is 1. The minimum atomic E-state index is -0.363. The number of benzene rings is 1. The first-order valence-electron chi connectivity index (χ1n) is 4.81. The highest BCUT2D eigenvalue weighted by Gasteiger charge is 2.31. The molecule has 2 heteroatoms. The van der Waals surface area contributed by atoms with E-state index < -0.39 is 0 Å². The van der Waals surface area contributed by atoms with E-state index in [9.17, 15) is 4.79 Å². The molecule has 74 valence electrons. The lowest BCUT2D eigenvalue weighted by molar-refractivity contribution is -0.00647. The smallest absolute Gasteiger partial charge is 0.338 e. The van der Waals surface area contributed by atoms with Crippen molar-refractivity contribution in [3.63, 3.8) is 0 Å². The fourth-order valence-corrected chi connectivity index (χ4v) is 1.87. The van der Waals surface area contributed by atoms with Crippen molar-refractivity contribution in [1.82, 2.24) is 0 Å². The van der Waals surface area contributed by atoms with E-state index in [-0.39, 0.29) is 11.6 Å². The van der Waals surface area contributed by atoms with E-state index in [1.807, 2.05) is 32.9 Å². The second kappa shape index (κ2) is 2.84. The molecule has 0 radical (unpaired) electrons. The van der Waals surface area contributed by atoms with Gasteiger partial charge in [0.1, 0.15) is 5.60 Å². The SMILES string of the molecule is Cc1ccc2c(c1)CC(C)(C)OC2=O. The first kappa shape index (κ1) is 9.25. The highest BCUT2D eigenvalue weighted by molar-refractivity contribution is 5.92. The maximum atomic E-state index is 11.6. The third-order valence-corrected chi connectivity index (χ3v) is 2.47. The van der Waals surface area contributed by atoms with Gasteiger partial charge in [-0.1, -0.05) is 17.7 Å². The maximum absolute atomic E-state index is 11.6. The summed E-state index contributed by atoms with van der Waals surface area (Å²) in [6, 6.07) is 5.86. The van der Waals surface area contributed by atoms with Crippen LogP contribution in [-0.2, 0) is 11.2 Å². The number of cyclic esters (lactones) is 1. The Labute approximate surface area is 83.9 Å². The van der Waals surface area contributed by atoms with Crippen molar-refractivity contribution in [2.45, 2.75) is 32.8 Å². The number of rotatable bonds is 0. The first-order valence-corrected chi connectivity index (χ1v) is 4.81. The fraction of sp³-hybridized carbons (Fsp3) is 0.417. The van der Waals surface area contributed by atoms with Crippen LogP contribution in [0.4, 0.5) is 0 Å². The standard InChI is InChI=1S/C12H14O2/c1-8-4-5-10-9(6-8)7-12(2,3)14-11(10)13/h4-6H,7H2,1-3H3. The zero-order valence-electron chi connectivity index (χ0n) is 8.76. The predicted molar refractivity (Wildman–Crippen MR) is 54.4 cm³/mol. The van der Waals surface area contributed by atoms with Crippen molar-refractivity contribution >= 4 is 5.97 Å². The van der Waals surface area contributed by atoms with E-state index in [2.05, 4.69) is 6.07 Å². The first-order chi connectivity index (χ1) is 6.48. The summed E-state index contributed by atoms with van der Waals surface area (Å²) in [5, 5.41) is 0. The molecule has 0 amide bonds. The van der Waals surface area contributed by atoms with E-state index in [1.165, 1.54) is 5.56 Å². The van der Waals surface area contributed by atoms with Crippen LogP contribution in [0.25, 0.3) is 0 Å². The van der Waals surface area contributed by atoms with Crippen LogP contribution in [0.5, 0.6) is 0 Å². The third-order valence-electron chi connectivity index (χ3n) is 2.47. The van der Waals surface area contributed by atoms with Gasteiger partial charge in [0, 0.05) is 6.42 Å². The molecule has 0 spiro atoms. The molecular formula is C12H14O2. The molecule has 0 atom stereocenters. The molecule has 1 aliphatic heterocycles. The number of hydrogen-bond donors (Lipinski definition) is 0. The minimum Gasteiger partial charge on any atom is -0.456 e. The Hall–Kier alpha value is -1.31. The lowest BCUT2D eigenvalue weighted by Crippen LogP contribution is -2.35. The number of esters is 1. The van der Waals surface area contributed by atoms with E-state index in [0.717, 1.165) is 17.5 Å². The van der Waals surface area contributed by atoms with Crippen LogP contribution in [0, 0.1) is 6.92 Å². The largest absolute Gasteiger partial charge is 0.456 e. The second-order valence-corrected chi connectivity index (χ2v) is 4.49. The van der Waals surface area contributed by atoms with Crippen LogP contribution in [-0.4, -0.2) is 11.6 Å². The van der Waals surface area contributed by atoms with Gasteiger partial charge in [0.25, 0.3) is 0 Å². The molecule has 14 heavy (non-hydrogen) atoms. The van der Waals surface area contributed by atoms with Gasteiger partial charge in [-0.2, -0.15) is 0 Å². The molecule has 1 aromatic rings. The van der Waals surface area contributed by atoms with Crippen LogP contribution in [0.15, 0.2) is 18.2 Å². The van der Waals surface area contributed by atoms with Crippen LogP contribution in [0.1, 0.15) is 35.3 Å². The zero-order chi connectivity index (χ0) is 10.3. The fourth-order valence-electron chi connectivity index (χ4n) is 1.87. The van der Waals surface area contributed by atoms with E-state index in [1.54, 1.807) is 0 Å². The Morgan fingerprint density at radius 2 is 2.07 bits per heavy atom. The van der Waals surface area contributed by atoms with Gasteiger partial charge in [-0.15, -0.1) is 0 Å². The molecule has 0 saturated carbocycles. The van der Waals surface area contributed by atoms with E-state index >= 15 is 0 Å². The molecule has 0 fully saturated rings. The van der Waals surface area contributed by atoms with Crippen molar-refractivity contribution in [3.8, 4) is 0 Å². The van der Waals surface area contributed by atoms with Crippen molar-refractivity contribution in [3.05, 3.63) is 34.9 Å². The summed E-state index contributed by atoms with van der Waals surface area (Å²) in [7, 11) is 0. The summed E-state index contributed by atoms with van der Waals surface area (Å²) in [4.78, 5) is 11.6. The van der Waals surface area contributed by atoms with Gasteiger partial charge in [-0.05, 0) is 32.4 Å². The van der Waals surface area contributed by atoms with E-state index in [4.69, 9.17) is 4.74 Å². The van der Waals surface area contributed by atoms with E-state index in [0.29, 0.717) is 0 Å². The van der Waals surface area contributed by atoms with Gasteiger partial charge in [-0.25, -0.2) is 4.79 Å². The van der Waals surface area contributed by atoms with Crippen LogP contribution in [0.3, 0.4) is 0 Å². The van der Waals surface area contributed by atoms with Gasteiger partial charge in [0.15, 0.2) is 0 Å². The summed E-state index contributed by atoms with van der Waals surface area (Å²) >= 11 is 0. The molecule has 1 aromatic carbocycles. The molecule has 1 aliphatic rings. The number of hydrogen-bond acceptors (Lipinski definition) is 2. The Balaban J connectivity index is 2.51. The molecular weight excluding hydrogens is 176 g/mol. The van der Waals surface area contributed by atoms with Crippen molar-refractivity contribution in [2.24, 2.45) is 0 Å². The molecule has 1 heterocycles. The topological polar surface area (TPSA) is 26.3 Å². The van der Waals surface area contributed by atoms with Crippen LogP contribution in [0.2, 0.25) is 0 Å². The average Bonchev–Trinajstić information content (AvgIpc) is 2.00. The van der Waals surface area contributed by atoms with Gasteiger partial charge in [0.2, 0.25) is 0 Å². The van der Waals surface area contributed by atoms with Crippen LogP contribution >= 0.6 is 0 Å². The summed E-state index contributed by atoms with van der Waals surface area (Å²) in [6.07, 6.45) is 0.801. The Kier molecular flexibility index (Phi) is 1.88. The Morgan fingerprint density at radius 3 is 2.79 bits per heavy atom. The molecule has 2 nitrogen and oxygen atoms in total. The molecule has 0 bridgehead atoms. The maximum Gasteiger partial charge on any atom is 0.338 e. The Bertz CT molecular complexity index is 391. The summed E-state index contributed by atoms with van der Waals surface area (Å²) in [5.74, 6) is -0.198. The van der Waals surface area contributed by atoms with Gasteiger partial charge in [0.05, 0.1) is 5.56 Å². The van der Waals surface area contributed by atoms with Gasteiger partial charge in [-0.3, -0.25) is 0 Å². The quantitative estimate of drug-likeness (QED) is 0.587. The molecule has 0 aromatic heterocycles. The van der Waals surface area contributed by atoms with Crippen molar-refractivity contribution in [1.29, 1.82) is 0 Å². The summed E-state index contributed by atoms with van der Waals surface area (Å²) < 4.78 is 5.30. The minimum absolute atomic E-state index is 0.198. The highest BCUT2D eigenvalue weighted by atomic mass is 16.6. The molecule has 0 N–H and O–H groups in total. The van der Waals surface area contributed by atoms with Gasteiger partial charge >= 0.3 is 5.97 Å². The highest BCUT2D eigenvalue weighted by Crippen LogP contribution is 2.28. The molecule has 0 aliphatic carbocycles. The molecule has 0 unspecified atom stereocenters. The third kappa shape index (κ3) is 1.52. The monoisotopic (exact) mass is 190 g/mol. The lowest BCUT2D eigenvalue weighted by atomic mass is 9.90. The zero-order valence-corrected chi connectivity index (χ0v) is 8.76. The normalized spacial score (nSPS) is 18.6. The number of ether oxygens (including phenoxy) is 1. The number of carbonyl (C=O) groups is 1. The predicted octanol–water partition coefficient (Wildman–Crippen LogP) is 2.49.